The Balaban J connectivity index is 1.29. The third kappa shape index (κ3) is 6.69. The van der Waals surface area contributed by atoms with Gasteiger partial charge in [0.2, 0.25) is 0 Å². The lowest BCUT2D eigenvalue weighted by Crippen LogP contribution is -2.48. The van der Waals surface area contributed by atoms with Crippen molar-refractivity contribution in [2.45, 2.75) is 25.6 Å². The SMILES string of the molecule is N#CC(=N)c1cc(/C=C2\SC(N3CCN(CC4CC4)CC3)=NC2=O)ccc1NCc1ccc(Cl)cc1C(F)(F)F. The minimum atomic E-state index is -4.59. The minimum absolute atomic E-state index is 0.0245. The Morgan fingerprint density at radius 3 is 2.62 bits per heavy atom. The highest BCUT2D eigenvalue weighted by Crippen LogP contribution is 2.35. The molecule has 1 saturated heterocycles. The van der Waals surface area contributed by atoms with Crippen LogP contribution in [-0.2, 0) is 17.5 Å². The first-order chi connectivity index (χ1) is 19.1. The van der Waals surface area contributed by atoms with Crippen LogP contribution in [0.2, 0.25) is 5.02 Å². The van der Waals surface area contributed by atoms with Crippen LogP contribution in [-0.4, -0.2) is 59.3 Å². The van der Waals surface area contributed by atoms with E-state index in [1.54, 1.807) is 30.3 Å². The first-order valence-corrected chi connectivity index (χ1v) is 14.0. The number of nitrogens with zero attached hydrogens (tertiary/aromatic N) is 4. The van der Waals surface area contributed by atoms with Gasteiger partial charge in [0, 0.05) is 55.5 Å². The van der Waals surface area contributed by atoms with Gasteiger partial charge in [0.15, 0.2) is 5.17 Å². The van der Waals surface area contributed by atoms with Crippen molar-refractivity contribution in [1.29, 1.82) is 10.7 Å². The molecule has 0 radical (unpaired) electrons. The normalized spacial score (nSPS) is 19.1. The molecule has 3 aliphatic rings. The van der Waals surface area contributed by atoms with E-state index in [1.165, 1.54) is 36.7 Å². The molecular weight excluding hydrogens is 561 g/mol. The van der Waals surface area contributed by atoms with Crippen LogP contribution in [0.1, 0.15) is 35.1 Å². The first-order valence-electron chi connectivity index (χ1n) is 12.8. The zero-order chi connectivity index (χ0) is 28.4. The molecular formula is C28H26ClF3N6OS. The number of thioether (sulfide) groups is 1. The maximum absolute atomic E-state index is 13.5. The second-order valence-electron chi connectivity index (χ2n) is 9.99. The van der Waals surface area contributed by atoms with Gasteiger partial charge in [-0.1, -0.05) is 23.7 Å². The molecule has 0 atom stereocenters. The van der Waals surface area contributed by atoms with Crippen molar-refractivity contribution in [3.63, 3.8) is 0 Å². The Morgan fingerprint density at radius 2 is 1.95 bits per heavy atom. The number of rotatable bonds is 7. The van der Waals surface area contributed by atoms with E-state index in [9.17, 15) is 23.2 Å². The highest BCUT2D eigenvalue weighted by Gasteiger charge is 2.34. The summed E-state index contributed by atoms with van der Waals surface area (Å²) in [6.45, 7) is 4.46. The number of anilines is 1. The minimum Gasteiger partial charge on any atom is -0.380 e. The van der Waals surface area contributed by atoms with Crippen LogP contribution in [0.4, 0.5) is 18.9 Å². The molecule has 0 spiro atoms. The van der Waals surface area contributed by atoms with Gasteiger partial charge < -0.3 is 10.2 Å². The summed E-state index contributed by atoms with van der Waals surface area (Å²) < 4.78 is 40.5. The van der Waals surface area contributed by atoms with Crippen LogP contribution in [0.25, 0.3) is 6.08 Å². The van der Waals surface area contributed by atoms with Crippen LogP contribution in [0.5, 0.6) is 0 Å². The molecule has 2 fully saturated rings. The number of nitrogens with one attached hydrogen (secondary N) is 2. The van der Waals surface area contributed by atoms with E-state index in [2.05, 4.69) is 20.1 Å². The summed E-state index contributed by atoms with van der Waals surface area (Å²) in [5, 5.41) is 21.0. The van der Waals surface area contributed by atoms with Crippen LogP contribution >= 0.6 is 23.4 Å². The van der Waals surface area contributed by atoms with E-state index in [4.69, 9.17) is 17.0 Å². The number of carbonyl (C=O) groups excluding carboxylic acids is 1. The highest BCUT2D eigenvalue weighted by atomic mass is 35.5. The smallest absolute Gasteiger partial charge is 0.380 e. The predicted octanol–water partition coefficient (Wildman–Crippen LogP) is 5.86. The molecule has 208 valence electrons. The average molecular weight is 587 g/mol. The van der Waals surface area contributed by atoms with Crippen molar-refractivity contribution < 1.29 is 18.0 Å². The molecule has 12 heteroatoms. The van der Waals surface area contributed by atoms with Crippen molar-refractivity contribution in [1.82, 2.24) is 9.80 Å². The van der Waals surface area contributed by atoms with Crippen LogP contribution in [0, 0.1) is 22.7 Å². The molecule has 0 unspecified atom stereocenters. The van der Waals surface area contributed by atoms with Crippen molar-refractivity contribution in [2.24, 2.45) is 10.9 Å². The number of carbonyl (C=O) groups is 1. The quantitative estimate of drug-likeness (QED) is 0.312. The topological polar surface area (TPSA) is 95.6 Å². The van der Waals surface area contributed by atoms with E-state index >= 15 is 0 Å². The van der Waals surface area contributed by atoms with Crippen LogP contribution in [0.15, 0.2) is 46.3 Å². The average Bonchev–Trinajstić information content (AvgIpc) is 3.68. The lowest BCUT2D eigenvalue weighted by Gasteiger charge is -2.35. The standard InChI is InChI=1S/C28H26ClF3N6OS/c29-20-5-4-19(22(13-20)28(30,31)32)15-35-24-6-3-18(11-21(24)23(34)14-33)12-25-26(39)36-27(40-25)38-9-7-37(8-10-38)16-17-1-2-17/h3-6,11-13,17,34-35H,1-2,7-10,15-16H2/b25-12-,34-23?. The lowest BCUT2D eigenvalue weighted by atomic mass is 10.0. The molecule has 2 aliphatic heterocycles. The number of alkyl halides is 3. The van der Waals surface area contributed by atoms with E-state index in [-0.39, 0.29) is 34.3 Å². The van der Waals surface area contributed by atoms with Gasteiger partial charge in [-0.15, -0.1) is 0 Å². The maximum Gasteiger partial charge on any atom is 0.416 e. The summed E-state index contributed by atoms with van der Waals surface area (Å²) >= 11 is 7.07. The van der Waals surface area contributed by atoms with Crippen LogP contribution in [0.3, 0.4) is 0 Å². The van der Waals surface area contributed by atoms with Crippen molar-refractivity contribution in [3.8, 4) is 6.07 Å². The zero-order valence-electron chi connectivity index (χ0n) is 21.4. The fourth-order valence-corrected chi connectivity index (χ4v) is 5.84. The molecule has 1 aliphatic carbocycles. The number of amidine groups is 1. The van der Waals surface area contributed by atoms with Gasteiger partial charge in [-0.25, -0.2) is 0 Å². The Hall–Kier alpha value is -3.33. The molecule has 7 nitrogen and oxygen atoms in total. The number of amides is 1. The van der Waals surface area contributed by atoms with E-state index in [0.29, 0.717) is 21.3 Å². The van der Waals surface area contributed by atoms with E-state index < -0.39 is 11.7 Å². The number of benzene rings is 2. The molecule has 1 amide bonds. The van der Waals surface area contributed by atoms with Gasteiger partial charge in [0.05, 0.1) is 10.5 Å². The Labute approximate surface area is 239 Å². The first kappa shape index (κ1) is 28.2. The second kappa shape index (κ2) is 11.6. The maximum atomic E-state index is 13.5. The molecule has 2 N–H and O–H groups in total. The number of aliphatic imine (C=N–C) groups is 1. The van der Waals surface area contributed by atoms with Crippen molar-refractivity contribution in [2.75, 3.05) is 38.0 Å². The molecule has 2 aromatic carbocycles. The Kier molecular flexibility index (Phi) is 8.21. The number of hydrogen-bond acceptors (Lipinski definition) is 7. The third-order valence-corrected chi connectivity index (χ3v) is 8.31. The summed E-state index contributed by atoms with van der Waals surface area (Å²) in [6.07, 6.45) is -0.290. The molecule has 2 heterocycles. The highest BCUT2D eigenvalue weighted by molar-refractivity contribution is 8.18. The Bertz CT molecular complexity index is 1440. The molecule has 0 aromatic heterocycles. The number of nitriles is 1. The number of piperazine rings is 1. The van der Waals surface area contributed by atoms with Gasteiger partial charge in [0.1, 0.15) is 11.8 Å². The molecule has 5 rings (SSSR count). The molecule has 0 bridgehead atoms. The van der Waals surface area contributed by atoms with Gasteiger partial charge in [-0.2, -0.15) is 23.4 Å². The molecule has 2 aromatic rings. The van der Waals surface area contributed by atoms with E-state index in [0.717, 1.165) is 44.7 Å². The summed E-state index contributed by atoms with van der Waals surface area (Å²) in [5.41, 5.74) is -0.136. The van der Waals surface area contributed by atoms with E-state index in [1.807, 2.05) is 0 Å². The van der Waals surface area contributed by atoms with Gasteiger partial charge >= 0.3 is 6.18 Å². The summed E-state index contributed by atoms with van der Waals surface area (Å²) in [7, 11) is 0. The van der Waals surface area contributed by atoms with Gasteiger partial charge in [-0.3, -0.25) is 15.1 Å². The fourth-order valence-electron chi connectivity index (χ4n) is 4.70. The fraction of sp³-hybridized carbons (Fsp3) is 0.357. The zero-order valence-corrected chi connectivity index (χ0v) is 23.0. The largest absolute Gasteiger partial charge is 0.416 e. The van der Waals surface area contributed by atoms with Gasteiger partial charge in [0.25, 0.3) is 5.91 Å². The second-order valence-corrected chi connectivity index (χ2v) is 11.4. The summed E-state index contributed by atoms with van der Waals surface area (Å²) in [5.74, 6) is 0.492. The number of hydrogen-bond donors (Lipinski definition) is 2. The third-order valence-electron chi connectivity index (χ3n) is 7.03. The van der Waals surface area contributed by atoms with Crippen LogP contribution < -0.4 is 5.32 Å². The Morgan fingerprint density at radius 1 is 1.20 bits per heavy atom. The van der Waals surface area contributed by atoms with Gasteiger partial charge in [-0.05, 0) is 72.0 Å². The molecule has 40 heavy (non-hydrogen) atoms. The molecule has 1 saturated carbocycles. The van der Waals surface area contributed by atoms with Crippen molar-refractivity contribution >= 4 is 51.9 Å². The monoisotopic (exact) mass is 586 g/mol. The lowest BCUT2D eigenvalue weighted by molar-refractivity contribution is -0.138. The van der Waals surface area contributed by atoms with Crippen molar-refractivity contribution in [3.05, 3.63) is 68.6 Å². The number of halogens is 4. The predicted molar refractivity (Wildman–Crippen MR) is 151 cm³/mol. The summed E-state index contributed by atoms with van der Waals surface area (Å²) in [6, 6.07) is 10.1. The summed E-state index contributed by atoms with van der Waals surface area (Å²) in [4.78, 5) is 21.9.